The summed E-state index contributed by atoms with van der Waals surface area (Å²) in [6.45, 7) is 5.22. The quantitative estimate of drug-likeness (QED) is 0.700. The van der Waals surface area contributed by atoms with E-state index >= 15 is 0 Å². The average molecular weight is 265 g/mol. The van der Waals surface area contributed by atoms with Gasteiger partial charge >= 0.3 is 0 Å². The molecule has 1 rings (SSSR count). The van der Waals surface area contributed by atoms with Gasteiger partial charge in [-0.1, -0.05) is 19.1 Å². The van der Waals surface area contributed by atoms with Crippen LogP contribution in [0.25, 0.3) is 0 Å². The zero-order valence-electron chi connectivity index (χ0n) is 11.7. The molecule has 0 radical (unpaired) electrons. The lowest BCUT2D eigenvalue weighted by Gasteiger charge is -2.19. The van der Waals surface area contributed by atoms with E-state index in [9.17, 15) is 4.79 Å². The van der Waals surface area contributed by atoms with Crippen molar-refractivity contribution in [1.82, 2.24) is 4.90 Å². The number of hydrogen-bond acceptors (Lipinski definition) is 4. The Morgan fingerprint density at radius 3 is 2.74 bits per heavy atom. The average Bonchev–Trinajstić information content (AvgIpc) is 2.41. The summed E-state index contributed by atoms with van der Waals surface area (Å²) in [6, 6.07) is 7.26. The number of methoxy groups -OCH3 is 1. The van der Waals surface area contributed by atoms with Gasteiger partial charge in [0.25, 0.3) is 0 Å². The second-order valence-electron chi connectivity index (χ2n) is 4.31. The molecular formula is C14H23N3O2. The fraction of sp³-hybridized carbons (Fsp3) is 0.500. The predicted molar refractivity (Wildman–Crippen MR) is 78.1 cm³/mol. The van der Waals surface area contributed by atoms with Gasteiger partial charge in [-0.05, 0) is 18.7 Å². The van der Waals surface area contributed by atoms with Gasteiger partial charge < -0.3 is 20.7 Å². The third kappa shape index (κ3) is 5.72. The summed E-state index contributed by atoms with van der Waals surface area (Å²) >= 11 is 0. The van der Waals surface area contributed by atoms with Gasteiger partial charge in [0.2, 0.25) is 5.91 Å². The van der Waals surface area contributed by atoms with E-state index in [1.54, 1.807) is 19.2 Å². The highest BCUT2D eigenvalue weighted by Crippen LogP contribution is 2.16. The molecule has 0 saturated heterocycles. The smallest absolute Gasteiger partial charge is 0.225 e. The standard InChI is InChI=1S/C14H23N3O2/c1-3-17(10-11-19-2)9-8-14(18)16-13-7-5-4-6-12(13)15/h4-7H,3,8-11,15H2,1-2H3,(H,16,18). The van der Waals surface area contributed by atoms with E-state index in [0.29, 0.717) is 24.4 Å². The number of para-hydroxylation sites is 2. The lowest BCUT2D eigenvalue weighted by atomic mass is 10.2. The molecule has 0 spiro atoms. The van der Waals surface area contributed by atoms with Crippen molar-refractivity contribution in [3.05, 3.63) is 24.3 Å². The normalized spacial score (nSPS) is 10.7. The van der Waals surface area contributed by atoms with E-state index in [1.807, 2.05) is 12.1 Å². The first-order valence-electron chi connectivity index (χ1n) is 6.53. The molecule has 19 heavy (non-hydrogen) atoms. The molecule has 1 amide bonds. The van der Waals surface area contributed by atoms with E-state index < -0.39 is 0 Å². The zero-order valence-corrected chi connectivity index (χ0v) is 11.7. The van der Waals surface area contributed by atoms with Crippen molar-refractivity contribution >= 4 is 17.3 Å². The monoisotopic (exact) mass is 265 g/mol. The molecule has 0 atom stereocenters. The Morgan fingerprint density at radius 1 is 1.37 bits per heavy atom. The third-order valence-corrected chi connectivity index (χ3v) is 2.95. The lowest BCUT2D eigenvalue weighted by Crippen LogP contribution is -2.30. The third-order valence-electron chi connectivity index (χ3n) is 2.95. The van der Waals surface area contributed by atoms with Crippen LogP contribution in [0.1, 0.15) is 13.3 Å². The minimum absolute atomic E-state index is 0.0197. The van der Waals surface area contributed by atoms with Crippen molar-refractivity contribution in [3.63, 3.8) is 0 Å². The highest BCUT2D eigenvalue weighted by atomic mass is 16.5. The molecule has 0 unspecified atom stereocenters. The number of carbonyl (C=O) groups is 1. The minimum atomic E-state index is -0.0197. The first-order chi connectivity index (χ1) is 9.17. The maximum Gasteiger partial charge on any atom is 0.225 e. The van der Waals surface area contributed by atoms with Gasteiger partial charge in [-0.2, -0.15) is 0 Å². The Balaban J connectivity index is 2.37. The SMILES string of the molecule is CCN(CCOC)CCC(=O)Nc1ccccc1N. The van der Waals surface area contributed by atoms with Crippen molar-refractivity contribution in [2.45, 2.75) is 13.3 Å². The van der Waals surface area contributed by atoms with Gasteiger partial charge in [-0.25, -0.2) is 0 Å². The van der Waals surface area contributed by atoms with Crippen molar-refractivity contribution in [2.24, 2.45) is 0 Å². The van der Waals surface area contributed by atoms with Crippen LogP contribution in [0.2, 0.25) is 0 Å². The number of nitrogens with one attached hydrogen (secondary N) is 1. The first kappa shape index (κ1) is 15.5. The van der Waals surface area contributed by atoms with E-state index in [4.69, 9.17) is 10.5 Å². The number of ether oxygens (including phenoxy) is 1. The van der Waals surface area contributed by atoms with Crippen LogP contribution in [-0.2, 0) is 9.53 Å². The Morgan fingerprint density at radius 2 is 2.11 bits per heavy atom. The zero-order chi connectivity index (χ0) is 14.1. The molecule has 0 fully saturated rings. The second-order valence-corrected chi connectivity index (χ2v) is 4.31. The van der Waals surface area contributed by atoms with Gasteiger partial charge in [0.1, 0.15) is 0 Å². The number of benzene rings is 1. The molecular weight excluding hydrogens is 242 g/mol. The number of likely N-dealkylation sites (N-methyl/N-ethyl adjacent to an activating group) is 1. The van der Waals surface area contributed by atoms with Crippen LogP contribution in [0.4, 0.5) is 11.4 Å². The summed E-state index contributed by atoms with van der Waals surface area (Å²) < 4.78 is 5.03. The van der Waals surface area contributed by atoms with E-state index in [-0.39, 0.29) is 5.91 Å². The van der Waals surface area contributed by atoms with Crippen LogP contribution in [0, 0.1) is 0 Å². The summed E-state index contributed by atoms with van der Waals surface area (Å²) in [5.41, 5.74) is 7.03. The number of carbonyl (C=O) groups excluding carboxylic acids is 1. The first-order valence-corrected chi connectivity index (χ1v) is 6.53. The molecule has 0 bridgehead atoms. The van der Waals surface area contributed by atoms with Crippen molar-refractivity contribution in [3.8, 4) is 0 Å². The maximum absolute atomic E-state index is 11.8. The molecule has 0 aliphatic carbocycles. The van der Waals surface area contributed by atoms with Crippen LogP contribution in [0.3, 0.4) is 0 Å². The van der Waals surface area contributed by atoms with Crippen LogP contribution in [0.15, 0.2) is 24.3 Å². The molecule has 1 aromatic rings. The van der Waals surface area contributed by atoms with Gasteiger partial charge in [0, 0.05) is 26.6 Å². The molecule has 106 valence electrons. The summed E-state index contributed by atoms with van der Waals surface area (Å²) in [5.74, 6) is -0.0197. The van der Waals surface area contributed by atoms with Gasteiger partial charge in [-0.15, -0.1) is 0 Å². The van der Waals surface area contributed by atoms with Crippen molar-refractivity contribution in [2.75, 3.05) is 44.4 Å². The molecule has 5 nitrogen and oxygen atoms in total. The number of rotatable bonds is 8. The number of anilines is 2. The van der Waals surface area contributed by atoms with Gasteiger partial charge in [-0.3, -0.25) is 4.79 Å². The predicted octanol–water partition coefficient (Wildman–Crippen LogP) is 1.57. The number of hydrogen-bond donors (Lipinski definition) is 2. The molecule has 3 N–H and O–H groups in total. The van der Waals surface area contributed by atoms with Crippen molar-refractivity contribution < 1.29 is 9.53 Å². The Labute approximate surface area is 114 Å². The molecule has 0 aliphatic rings. The lowest BCUT2D eigenvalue weighted by molar-refractivity contribution is -0.116. The van der Waals surface area contributed by atoms with E-state index in [2.05, 4.69) is 17.1 Å². The molecule has 5 heteroatoms. The summed E-state index contributed by atoms with van der Waals surface area (Å²) in [6.07, 6.45) is 0.450. The van der Waals surface area contributed by atoms with Crippen LogP contribution in [0.5, 0.6) is 0 Å². The van der Waals surface area contributed by atoms with Crippen LogP contribution in [-0.4, -0.2) is 44.2 Å². The topological polar surface area (TPSA) is 67.6 Å². The highest BCUT2D eigenvalue weighted by molar-refractivity contribution is 5.93. The number of nitrogen functional groups attached to an aromatic ring is 1. The van der Waals surface area contributed by atoms with Gasteiger partial charge in [0.15, 0.2) is 0 Å². The largest absolute Gasteiger partial charge is 0.397 e. The molecule has 0 aliphatic heterocycles. The van der Waals surface area contributed by atoms with Crippen LogP contribution >= 0.6 is 0 Å². The van der Waals surface area contributed by atoms with Gasteiger partial charge in [0.05, 0.1) is 18.0 Å². The highest BCUT2D eigenvalue weighted by Gasteiger charge is 2.08. The summed E-state index contributed by atoms with van der Waals surface area (Å²) in [4.78, 5) is 14.0. The van der Waals surface area contributed by atoms with E-state index in [0.717, 1.165) is 19.6 Å². The Bertz CT molecular complexity index is 396. The fourth-order valence-electron chi connectivity index (χ4n) is 1.73. The summed E-state index contributed by atoms with van der Waals surface area (Å²) in [7, 11) is 1.68. The maximum atomic E-state index is 11.8. The van der Waals surface area contributed by atoms with Crippen molar-refractivity contribution in [1.29, 1.82) is 0 Å². The van der Waals surface area contributed by atoms with Crippen LogP contribution < -0.4 is 11.1 Å². The molecule has 0 aromatic heterocycles. The Kier molecular flexibility index (Phi) is 6.92. The molecule has 0 heterocycles. The minimum Gasteiger partial charge on any atom is -0.397 e. The number of amides is 1. The number of nitrogens with two attached hydrogens (primary N) is 1. The molecule has 0 saturated carbocycles. The second kappa shape index (κ2) is 8.50. The van der Waals surface area contributed by atoms with E-state index in [1.165, 1.54) is 0 Å². The summed E-state index contributed by atoms with van der Waals surface area (Å²) in [5, 5.41) is 2.82. The number of nitrogens with zero attached hydrogens (tertiary/aromatic N) is 1. The fourth-order valence-corrected chi connectivity index (χ4v) is 1.73. The Hall–Kier alpha value is -1.59. The molecule has 1 aromatic carbocycles.